The fraction of sp³-hybridized carbons (Fsp3) is 0.700. The summed E-state index contributed by atoms with van der Waals surface area (Å²) < 4.78 is 0. The zero-order valence-corrected chi connectivity index (χ0v) is 8.18. The van der Waals surface area contributed by atoms with Crippen molar-refractivity contribution in [1.29, 1.82) is 0 Å². The van der Waals surface area contributed by atoms with Gasteiger partial charge in [-0.3, -0.25) is 4.79 Å². The second-order valence-electron chi connectivity index (χ2n) is 3.17. The van der Waals surface area contributed by atoms with E-state index in [4.69, 9.17) is 12.2 Å². The van der Waals surface area contributed by atoms with Crippen LogP contribution in [0.1, 0.15) is 32.6 Å². The largest absolute Gasteiger partial charge is 0.355 e. The van der Waals surface area contributed by atoms with Crippen molar-refractivity contribution in [2.75, 3.05) is 6.54 Å². The fourth-order valence-electron chi connectivity index (χ4n) is 0.947. The molecule has 1 amide bonds. The van der Waals surface area contributed by atoms with Crippen LogP contribution in [0.2, 0.25) is 0 Å². The second kappa shape index (κ2) is 7.63. The molecule has 1 atom stereocenters. The number of carbonyl (C=O) groups excluding carboxylic acids is 1. The van der Waals surface area contributed by atoms with Gasteiger partial charge in [0.1, 0.15) is 0 Å². The van der Waals surface area contributed by atoms with Gasteiger partial charge in [0.05, 0.1) is 0 Å². The Labute approximate surface area is 80.1 Å². The highest BCUT2D eigenvalue weighted by molar-refractivity contribution is 5.75. The molecule has 74 valence electrons. The molecule has 0 aliphatic carbocycles. The number of nitrogens with one attached hydrogen (secondary N) is 1. The molecule has 0 aromatic heterocycles. The standard InChI is InChI=1S/C10H18N2O/c1-3-4-8-12-10(13)7-5-6-9(2)11/h1,9H,4-8,11H2,2H3,(H,12,13). The first-order valence-electron chi connectivity index (χ1n) is 4.62. The first kappa shape index (κ1) is 12.0. The van der Waals surface area contributed by atoms with Crippen LogP contribution in [0.3, 0.4) is 0 Å². The number of nitrogens with two attached hydrogens (primary N) is 1. The third-order valence-corrected chi connectivity index (χ3v) is 1.65. The van der Waals surface area contributed by atoms with Gasteiger partial charge in [-0.25, -0.2) is 0 Å². The van der Waals surface area contributed by atoms with Gasteiger partial charge in [0, 0.05) is 25.4 Å². The van der Waals surface area contributed by atoms with Gasteiger partial charge < -0.3 is 11.1 Å². The zero-order chi connectivity index (χ0) is 10.1. The normalized spacial score (nSPS) is 11.8. The maximum atomic E-state index is 11.1. The van der Waals surface area contributed by atoms with E-state index in [0.717, 1.165) is 12.8 Å². The highest BCUT2D eigenvalue weighted by atomic mass is 16.1. The maximum absolute atomic E-state index is 11.1. The van der Waals surface area contributed by atoms with Crippen LogP contribution in [-0.4, -0.2) is 18.5 Å². The molecule has 0 spiro atoms. The number of terminal acetylenes is 1. The van der Waals surface area contributed by atoms with Crippen molar-refractivity contribution in [2.45, 2.75) is 38.6 Å². The smallest absolute Gasteiger partial charge is 0.220 e. The fourth-order valence-corrected chi connectivity index (χ4v) is 0.947. The molecule has 0 aliphatic rings. The minimum atomic E-state index is 0.0656. The molecule has 0 aromatic rings. The quantitative estimate of drug-likeness (QED) is 0.468. The average molecular weight is 182 g/mol. The Morgan fingerprint density at radius 3 is 2.92 bits per heavy atom. The molecule has 0 saturated heterocycles. The SMILES string of the molecule is C#CCCNC(=O)CCCC(C)N. The predicted octanol–water partition coefficient (Wildman–Crippen LogP) is 0.643. The Kier molecular flexibility index (Phi) is 7.04. The lowest BCUT2D eigenvalue weighted by Gasteiger charge is -2.04. The minimum absolute atomic E-state index is 0.0656. The highest BCUT2D eigenvalue weighted by Gasteiger charge is 2.00. The third kappa shape index (κ3) is 8.90. The second-order valence-corrected chi connectivity index (χ2v) is 3.17. The van der Waals surface area contributed by atoms with Crippen molar-refractivity contribution in [3.63, 3.8) is 0 Å². The van der Waals surface area contributed by atoms with Crippen LogP contribution in [0.15, 0.2) is 0 Å². The number of carbonyl (C=O) groups is 1. The van der Waals surface area contributed by atoms with Gasteiger partial charge in [-0.2, -0.15) is 0 Å². The Morgan fingerprint density at radius 2 is 2.38 bits per heavy atom. The van der Waals surface area contributed by atoms with Gasteiger partial charge in [0.25, 0.3) is 0 Å². The van der Waals surface area contributed by atoms with Crippen molar-refractivity contribution in [3.8, 4) is 12.3 Å². The summed E-state index contributed by atoms with van der Waals surface area (Å²) in [6.07, 6.45) is 7.92. The number of hydrogen-bond donors (Lipinski definition) is 2. The topological polar surface area (TPSA) is 55.1 Å². The summed E-state index contributed by atoms with van der Waals surface area (Å²) in [6, 6.07) is 0.179. The summed E-state index contributed by atoms with van der Waals surface area (Å²) in [7, 11) is 0. The molecule has 0 aromatic carbocycles. The number of amides is 1. The molecular weight excluding hydrogens is 164 g/mol. The van der Waals surface area contributed by atoms with Crippen LogP contribution < -0.4 is 11.1 Å². The van der Waals surface area contributed by atoms with Crippen molar-refractivity contribution in [2.24, 2.45) is 5.73 Å². The first-order valence-corrected chi connectivity index (χ1v) is 4.62. The van der Waals surface area contributed by atoms with Gasteiger partial charge in [0.2, 0.25) is 5.91 Å². The molecule has 3 nitrogen and oxygen atoms in total. The van der Waals surface area contributed by atoms with Crippen LogP contribution >= 0.6 is 0 Å². The monoisotopic (exact) mass is 182 g/mol. The molecular formula is C10H18N2O. The van der Waals surface area contributed by atoms with Crippen LogP contribution in [0.5, 0.6) is 0 Å². The molecule has 0 saturated carbocycles. The summed E-state index contributed by atoms with van der Waals surface area (Å²) in [6.45, 7) is 2.52. The van der Waals surface area contributed by atoms with Gasteiger partial charge in [-0.15, -0.1) is 12.3 Å². The van der Waals surface area contributed by atoms with Crippen molar-refractivity contribution in [1.82, 2.24) is 5.32 Å². The molecule has 0 heterocycles. The summed E-state index contributed by atoms with van der Waals surface area (Å²) >= 11 is 0. The summed E-state index contributed by atoms with van der Waals surface area (Å²) in [5, 5.41) is 2.74. The lowest BCUT2D eigenvalue weighted by atomic mass is 10.1. The Balaban J connectivity index is 3.26. The van der Waals surface area contributed by atoms with E-state index in [1.165, 1.54) is 0 Å². The van der Waals surface area contributed by atoms with Gasteiger partial charge >= 0.3 is 0 Å². The Bertz CT molecular complexity index is 182. The molecule has 0 radical (unpaired) electrons. The van der Waals surface area contributed by atoms with E-state index < -0.39 is 0 Å². The lowest BCUT2D eigenvalue weighted by Crippen LogP contribution is -2.24. The summed E-state index contributed by atoms with van der Waals surface area (Å²) in [5.41, 5.74) is 5.54. The predicted molar refractivity (Wildman–Crippen MR) is 54.0 cm³/mol. The van der Waals surface area contributed by atoms with E-state index >= 15 is 0 Å². The van der Waals surface area contributed by atoms with Gasteiger partial charge in [-0.1, -0.05) is 0 Å². The van der Waals surface area contributed by atoms with E-state index in [9.17, 15) is 4.79 Å². The van der Waals surface area contributed by atoms with Gasteiger partial charge in [-0.05, 0) is 19.8 Å². The minimum Gasteiger partial charge on any atom is -0.355 e. The van der Waals surface area contributed by atoms with E-state index in [2.05, 4.69) is 11.2 Å². The van der Waals surface area contributed by atoms with Crippen LogP contribution in [-0.2, 0) is 4.79 Å². The van der Waals surface area contributed by atoms with Gasteiger partial charge in [0.15, 0.2) is 0 Å². The number of rotatable bonds is 6. The molecule has 0 fully saturated rings. The highest BCUT2D eigenvalue weighted by Crippen LogP contribution is 1.97. The molecule has 3 N–H and O–H groups in total. The Morgan fingerprint density at radius 1 is 1.69 bits per heavy atom. The first-order chi connectivity index (χ1) is 6.16. The molecule has 0 bridgehead atoms. The van der Waals surface area contributed by atoms with E-state index in [1.54, 1.807) is 0 Å². The van der Waals surface area contributed by atoms with Crippen molar-refractivity contribution < 1.29 is 4.79 Å². The van der Waals surface area contributed by atoms with Crippen LogP contribution in [0.25, 0.3) is 0 Å². The van der Waals surface area contributed by atoms with Crippen molar-refractivity contribution in [3.05, 3.63) is 0 Å². The average Bonchev–Trinajstić information content (AvgIpc) is 2.04. The zero-order valence-electron chi connectivity index (χ0n) is 8.18. The molecule has 1 unspecified atom stereocenters. The molecule has 13 heavy (non-hydrogen) atoms. The third-order valence-electron chi connectivity index (χ3n) is 1.65. The van der Waals surface area contributed by atoms with Crippen molar-refractivity contribution >= 4 is 5.91 Å². The molecule has 0 aliphatic heterocycles. The summed E-state index contributed by atoms with van der Waals surface area (Å²) in [4.78, 5) is 11.1. The maximum Gasteiger partial charge on any atom is 0.220 e. The molecule has 3 heteroatoms. The van der Waals surface area contributed by atoms with Crippen LogP contribution in [0, 0.1) is 12.3 Å². The van der Waals surface area contributed by atoms with Crippen LogP contribution in [0.4, 0.5) is 0 Å². The summed E-state index contributed by atoms with van der Waals surface area (Å²) in [5.74, 6) is 2.53. The van der Waals surface area contributed by atoms with E-state index in [0.29, 0.717) is 19.4 Å². The van der Waals surface area contributed by atoms with E-state index in [-0.39, 0.29) is 11.9 Å². The number of hydrogen-bond acceptors (Lipinski definition) is 2. The lowest BCUT2D eigenvalue weighted by molar-refractivity contribution is -0.121. The van der Waals surface area contributed by atoms with E-state index in [1.807, 2.05) is 6.92 Å². The molecule has 0 rings (SSSR count). The Hall–Kier alpha value is -1.01.